The highest BCUT2D eigenvalue weighted by Gasteiger charge is 2.52. The van der Waals surface area contributed by atoms with Gasteiger partial charge in [-0.15, -0.1) is 0 Å². The number of likely N-dealkylation sites (N-methyl/N-ethyl adjacent to an activating group) is 1. The molecule has 22 heavy (non-hydrogen) atoms. The summed E-state index contributed by atoms with van der Waals surface area (Å²) < 4.78 is 5.28. The van der Waals surface area contributed by atoms with Gasteiger partial charge in [0.15, 0.2) is 0 Å². The summed E-state index contributed by atoms with van der Waals surface area (Å²) >= 11 is 0. The maximum Gasteiger partial charge on any atom is 0.233 e. The van der Waals surface area contributed by atoms with Crippen molar-refractivity contribution < 1.29 is 9.53 Å². The van der Waals surface area contributed by atoms with E-state index in [0.717, 1.165) is 11.3 Å². The zero-order valence-corrected chi connectivity index (χ0v) is 13.3. The molecule has 1 aliphatic carbocycles. The van der Waals surface area contributed by atoms with Gasteiger partial charge in [0.2, 0.25) is 5.91 Å². The Morgan fingerprint density at radius 2 is 2.14 bits per heavy atom. The minimum Gasteiger partial charge on any atom is -0.497 e. The van der Waals surface area contributed by atoms with E-state index in [-0.39, 0.29) is 11.9 Å². The Morgan fingerprint density at radius 3 is 2.68 bits per heavy atom. The van der Waals surface area contributed by atoms with E-state index in [1.165, 1.54) is 0 Å². The summed E-state index contributed by atoms with van der Waals surface area (Å²) in [4.78, 5) is 17.7. The molecule has 0 aliphatic heterocycles. The lowest BCUT2D eigenvalue weighted by atomic mass is 9.61. The molecule has 1 fully saturated rings. The molecule has 0 saturated heterocycles. The number of ether oxygens (including phenoxy) is 1. The average molecular weight is 302 g/mol. The maximum absolute atomic E-state index is 13.0. The molecule has 6 nitrogen and oxygen atoms in total. The van der Waals surface area contributed by atoms with Crippen LogP contribution in [0, 0.1) is 0 Å². The molecule has 118 valence electrons. The normalized spacial score (nSPS) is 23.1. The Balaban J connectivity index is 2.38. The van der Waals surface area contributed by atoms with E-state index < -0.39 is 5.41 Å². The van der Waals surface area contributed by atoms with Crippen molar-refractivity contribution in [1.82, 2.24) is 4.90 Å². The molecule has 0 aromatic heterocycles. The fourth-order valence-corrected chi connectivity index (χ4v) is 3.17. The molecule has 0 spiro atoms. The first kappa shape index (κ1) is 16.2. The third kappa shape index (κ3) is 2.74. The molecule has 1 aromatic carbocycles. The van der Waals surface area contributed by atoms with Crippen LogP contribution in [0.1, 0.15) is 32.3 Å². The van der Waals surface area contributed by atoms with Gasteiger partial charge in [0.25, 0.3) is 0 Å². The number of amides is 1. The van der Waals surface area contributed by atoms with Gasteiger partial charge in [-0.1, -0.05) is 17.2 Å². The van der Waals surface area contributed by atoms with Gasteiger partial charge >= 0.3 is 0 Å². The zero-order valence-electron chi connectivity index (χ0n) is 13.3. The van der Waals surface area contributed by atoms with Crippen molar-refractivity contribution in [3.63, 3.8) is 0 Å². The van der Waals surface area contributed by atoms with Gasteiger partial charge in [0, 0.05) is 24.0 Å². The number of nitrogens with zero attached hydrogens (tertiary/aromatic N) is 4. The highest BCUT2D eigenvalue weighted by Crippen LogP contribution is 2.47. The number of hydrogen-bond acceptors (Lipinski definition) is 3. The molecule has 0 unspecified atom stereocenters. The first-order valence-corrected chi connectivity index (χ1v) is 7.59. The number of azide groups is 1. The summed E-state index contributed by atoms with van der Waals surface area (Å²) in [6.07, 6.45) is 1.11. The van der Waals surface area contributed by atoms with E-state index in [0.29, 0.717) is 25.9 Å². The lowest BCUT2D eigenvalue weighted by Crippen LogP contribution is -2.55. The Kier molecular flexibility index (Phi) is 4.93. The fourth-order valence-electron chi connectivity index (χ4n) is 3.17. The Morgan fingerprint density at radius 1 is 1.45 bits per heavy atom. The van der Waals surface area contributed by atoms with Crippen molar-refractivity contribution in [3.05, 3.63) is 40.3 Å². The molecule has 2 rings (SSSR count). The van der Waals surface area contributed by atoms with E-state index in [4.69, 9.17) is 10.3 Å². The number of carbonyl (C=O) groups excluding carboxylic acids is 1. The van der Waals surface area contributed by atoms with Gasteiger partial charge < -0.3 is 9.64 Å². The van der Waals surface area contributed by atoms with Crippen molar-refractivity contribution in [2.45, 2.75) is 38.1 Å². The minimum atomic E-state index is -0.598. The van der Waals surface area contributed by atoms with Crippen molar-refractivity contribution in [2.24, 2.45) is 5.11 Å². The molecule has 0 atom stereocenters. The molecule has 1 aliphatic rings. The standard InChI is InChI=1S/C16H22N4O2/c1-4-20(5-2)15(21)16(10-13(11-16)18-19-17)12-7-6-8-14(9-12)22-3/h6-9,13H,4-5,10-11H2,1-3H3/t13-,16-. The lowest BCUT2D eigenvalue weighted by Gasteiger charge is -2.47. The Hall–Kier alpha value is -2.20. The van der Waals surface area contributed by atoms with Crippen LogP contribution in [0.2, 0.25) is 0 Å². The van der Waals surface area contributed by atoms with Crippen LogP contribution < -0.4 is 4.74 Å². The monoisotopic (exact) mass is 302 g/mol. The van der Waals surface area contributed by atoms with Gasteiger partial charge in [0.1, 0.15) is 5.75 Å². The predicted octanol–water partition coefficient (Wildman–Crippen LogP) is 3.27. The number of rotatable bonds is 6. The molecule has 0 radical (unpaired) electrons. The zero-order chi connectivity index (χ0) is 16.2. The predicted molar refractivity (Wildman–Crippen MR) is 84.8 cm³/mol. The van der Waals surface area contributed by atoms with Crippen LogP contribution >= 0.6 is 0 Å². The summed E-state index contributed by atoms with van der Waals surface area (Å²) in [6, 6.07) is 7.51. The van der Waals surface area contributed by atoms with Crippen LogP contribution in [0.4, 0.5) is 0 Å². The molecule has 1 saturated carbocycles. The molecule has 1 aromatic rings. The number of benzene rings is 1. The molecule has 6 heteroatoms. The van der Waals surface area contributed by atoms with Crippen LogP contribution in [0.15, 0.2) is 29.4 Å². The molecule has 0 bridgehead atoms. The highest BCUT2D eigenvalue weighted by atomic mass is 16.5. The third-order valence-electron chi connectivity index (χ3n) is 4.47. The van der Waals surface area contributed by atoms with Gasteiger partial charge in [-0.3, -0.25) is 4.79 Å². The summed E-state index contributed by atoms with van der Waals surface area (Å²) in [5, 5.41) is 3.77. The van der Waals surface area contributed by atoms with E-state index in [1.54, 1.807) is 7.11 Å². The average Bonchev–Trinajstić information content (AvgIpc) is 2.51. The SMILES string of the molecule is CCN(CC)C(=O)[C@]1(c2cccc(OC)c2)C[C@@H](N=[N+]=[N-])C1. The summed E-state index contributed by atoms with van der Waals surface area (Å²) in [6.45, 7) is 5.30. The van der Waals surface area contributed by atoms with Crippen molar-refractivity contribution in [1.29, 1.82) is 0 Å². The lowest BCUT2D eigenvalue weighted by molar-refractivity contribution is -0.141. The molecule has 1 amide bonds. The van der Waals surface area contributed by atoms with Crippen LogP contribution in [0.3, 0.4) is 0 Å². The summed E-state index contributed by atoms with van der Waals surface area (Å²) in [5.74, 6) is 0.839. The molecule has 0 N–H and O–H groups in total. The largest absolute Gasteiger partial charge is 0.497 e. The minimum absolute atomic E-state index is 0.107. The fraction of sp³-hybridized carbons (Fsp3) is 0.562. The highest BCUT2D eigenvalue weighted by molar-refractivity contribution is 5.90. The topological polar surface area (TPSA) is 78.3 Å². The number of hydrogen-bond donors (Lipinski definition) is 0. The Bertz CT molecular complexity index is 586. The second-order valence-corrected chi connectivity index (χ2v) is 5.56. The van der Waals surface area contributed by atoms with Crippen LogP contribution in [0.5, 0.6) is 5.75 Å². The van der Waals surface area contributed by atoms with Crippen molar-refractivity contribution in [3.8, 4) is 5.75 Å². The number of methoxy groups -OCH3 is 1. The Labute approximate surface area is 130 Å². The van der Waals surface area contributed by atoms with Crippen molar-refractivity contribution in [2.75, 3.05) is 20.2 Å². The summed E-state index contributed by atoms with van der Waals surface area (Å²) in [7, 11) is 1.61. The van der Waals surface area contributed by atoms with Crippen LogP contribution in [-0.2, 0) is 10.2 Å². The maximum atomic E-state index is 13.0. The van der Waals surface area contributed by atoms with E-state index >= 15 is 0 Å². The number of carbonyl (C=O) groups is 1. The smallest absolute Gasteiger partial charge is 0.233 e. The third-order valence-corrected chi connectivity index (χ3v) is 4.47. The van der Waals surface area contributed by atoms with Gasteiger partial charge in [-0.05, 0) is 49.9 Å². The molecular weight excluding hydrogens is 280 g/mol. The van der Waals surface area contributed by atoms with Crippen LogP contribution in [-0.4, -0.2) is 37.0 Å². The second-order valence-electron chi connectivity index (χ2n) is 5.56. The van der Waals surface area contributed by atoms with Gasteiger partial charge in [0.05, 0.1) is 12.5 Å². The molecule has 0 heterocycles. The van der Waals surface area contributed by atoms with Gasteiger partial charge in [-0.25, -0.2) is 0 Å². The van der Waals surface area contributed by atoms with E-state index in [2.05, 4.69) is 10.0 Å². The second kappa shape index (κ2) is 6.71. The van der Waals surface area contributed by atoms with Gasteiger partial charge in [-0.2, -0.15) is 0 Å². The molecular formula is C16H22N4O2. The van der Waals surface area contributed by atoms with E-state index in [9.17, 15) is 4.79 Å². The summed E-state index contributed by atoms with van der Waals surface area (Å²) in [5.41, 5.74) is 8.95. The van der Waals surface area contributed by atoms with Crippen LogP contribution in [0.25, 0.3) is 10.4 Å². The first-order chi connectivity index (χ1) is 10.6. The quantitative estimate of drug-likeness (QED) is 0.459. The van der Waals surface area contributed by atoms with E-state index in [1.807, 2.05) is 43.0 Å². The first-order valence-electron chi connectivity index (χ1n) is 7.59. The van der Waals surface area contributed by atoms with Crippen molar-refractivity contribution >= 4 is 5.91 Å².